The maximum Gasteiger partial charge on any atom is 0.337 e. The number of hydrogen-bond donors (Lipinski definition) is 1. The van der Waals surface area contributed by atoms with E-state index in [9.17, 15) is 9.59 Å². The zero-order chi connectivity index (χ0) is 17.1. The minimum absolute atomic E-state index is 0.241. The highest BCUT2D eigenvalue weighted by molar-refractivity contribution is 5.93. The van der Waals surface area contributed by atoms with Crippen molar-refractivity contribution in [3.63, 3.8) is 0 Å². The van der Waals surface area contributed by atoms with Crippen LogP contribution in [-0.4, -0.2) is 30.2 Å². The van der Waals surface area contributed by atoms with Crippen molar-refractivity contribution in [2.45, 2.75) is 6.42 Å². The van der Waals surface area contributed by atoms with Crippen molar-refractivity contribution in [1.82, 2.24) is 9.97 Å². The molecule has 3 aromatic rings. The zero-order valence-electron chi connectivity index (χ0n) is 13.3. The highest BCUT2D eigenvalue weighted by atomic mass is 16.5. The third kappa shape index (κ3) is 3.12. The molecule has 0 saturated carbocycles. The molecule has 0 unspecified atom stereocenters. The van der Waals surface area contributed by atoms with Crippen LogP contribution in [0.1, 0.15) is 21.7 Å². The minimum atomic E-state index is -0.465. The van der Waals surface area contributed by atoms with Crippen molar-refractivity contribution in [2.24, 2.45) is 0 Å². The molecule has 1 heterocycles. The van der Waals surface area contributed by atoms with E-state index < -0.39 is 5.97 Å². The summed E-state index contributed by atoms with van der Waals surface area (Å²) in [4.78, 5) is 31.1. The Hall–Kier alpha value is -3.15. The predicted molar refractivity (Wildman–Crippen MR) is 89.5 cm³/mol. The molecule has 0 aliphatic heterocycles. The van der Waals surface area contributed by atoms with Crippen LogP contribution >= 0.6 is 0 Å². The van der Waals surface area contributed by atoms with Crippen LogP contribution in [0, 0.1) is 0 Å². The van der Waals surface area contributed by atoms with Crippen LogP contribution in [0.3, 0.4) is 0 Å². The van der Waals surface area contributed by atoms with Crippen molar-refractivity contribution in [3.05, 3.63) is 69.8 Å². The van der Waals surface area contributed by atoms with E-state index in [0.29, 0.717) is 28.7 Å². The summed E-state index contributed by atoms with van der Waals surface area (Å²) in [5.74, 6) is 0.791. The number of H-pyrrole nitrogens is 1. The standard InChI is InChI=1S/C18H16N2O4/c1-23-13-5-3-4-11(8-13)9-16-19-15-10-12(18(22)24-2)6-7-14(15)17(21)20-16/h3-8,10H,9H2,1-2H3,(H,19,20,21). The average molecular weight is 324 g/mol. The molecule has 0 amide bonds. The Morgan fingerprint density at radius 1 is 1.17 bits per heavy atom. The molecule has 0 spiro atoms. The lowest BCUT2D eigenvalue weighted by Crippen LogP contribution is -2.13. The molecule has 6 heteroatoms. The summed E-state index contributed by atoms with van der Waals surface area (Å²) in [6.07, 6.45) is 0.449. The first kappa shape index (κ1) is 15.7. The van der Waals surface area contributed by atoms with Crippen molar-refractivity contribution < 1.29 is 14.3 Å². The quantitative estimate of drug-likeness (QED) is 0.745. The number of hydrogen-bond acceptors (Lipinski definition) is 5. The Bertz CT molecular complexity index is 963. The van der Waals surface area contributed by atoms with Gasteiger partial charge >= 0.3 is 5.97 Å². The molecular formula is C18H16N2O4. The van der Waals surface area contributed by atoms with E-state index in [-0.39, 0.29) is 5.56 Å². The summed E-state index contributed by atoms with van der Waals surface area (Å²) >= 11 is 0. The number of ether oxygens (including phenoxy) is 2. The molecule has 0 atom stereocenters. The highest BCUT2D eigenvalue weighted by Crippen LogP contribution is 2.16. The van der Waals surface area contributed by atoms with Crippen LogP contribution < -0.4 is 10.3 Å². The summed E-state index contributed by atoms with van der Waals surface area (Å²) in [7, 11) is 2.91. The van der Waals surface area contributed by atoms with Gasteiger partial charge in [-0.25, -0.2) is 9.78 Å². The number of carbonyl (C=O) groups excluding carboxylic acids is 1. The lowest BCUT2D eigenvalue weighted by molar-refractivity contribution is 0.0601. The second-order valence-corrected chi connectivity index (χ2v) is 5.26. The molecule has 0 bridgehead atoms. The first-order valence-electron chi connectivity index (χ1n) is 7.35. The normalized spacial score (nSPS) is 10.6. The molecule has 0 aliphatic rings. The molecule has 1 aromatic heterocycles. The van der Waals surface area contributed by atoms with Gasteiger partial charge in [0.2, 0.25) is 0 Å². The third-order valence-electron chi connectivity index (χ3n) is 3.68. The molecule has 0 fully saturated rings. The minimum Gasteiger partial charge on any atom is -0.497 e. The van der Waals surface area contributed by atoms with Crippen LogP contribution in [0.2, 0.25) is 0 Å². The van der Waals surface area contributed by atoms with Gasteiger partial charge < -0.3 is 14.5 Å². The van der Waals surface area contributed by atoms with Crippen LogP contribution in [-0.2, 0) is 11.2 Å². The van der Waals surface area contributed by atoms with Gasteiger partial charge in [-0.2, -0.15) is 0 Å². The molecule has 0 saturated heterocycles. The first-order valence-corrected chi connectivity index (χ1v) is 7.35. The highest BCUT2D eigenvalue weighted by Gasteiger charge is 2.10. The number of aromatic nitrogens is 2. The fourth-order valence-corrected chi connectivity index (χ4v) is 2.49. The Morgan fingerprint density at radius 2 is 2.00 bits per heavy atom. The molecule has 0 radical (unpaired) electrons. The largest absolute Gasteiger partial charge is 0.497 e. The fourth-order valence-electron chi connectivity index (χ4n) is 2.49. The molecule has 24 heavy (non-hydrogen) atoms. The van der Waals surface area contributed by atoms with Gasteiger partial charge in [-0.1, -0.05) is 12.1 Å². The summed E-state index contributed by atoms with van der Waals surface area (Å²) in [5.41, 5.74) is 1.53. The lowest BCUT2D eigenvalue weighted by Gasteiger charge is -2.06. The SMILES string of the molecule is COC(=O)c1ccc2c(=O)[nH]c(Cc3cccc(OC)c3)nc2c1. The molecule has 122 valence electrons. The van der Waals surface area contributed by atoms with E-state index in [0.717, 1.165) is 11.3 Å². The van der Waals surface area contributed by atoms with Gasteiger partial charge in [0.25, 0.3) is 5.56 Å². The summed E-state index contributed by atoms with van der Waals surface area (Å²) in [6.45, 7) is 0. The van der Waals surface area contributed by atoms with Crippen LogP contribution in [0.5, 0.6) is 5.75 Å². The van der Waals surface area contributed by atoms with Gasteiger partial charge in [0, 0.05) is 6.42 Å². The fraction of sp³-hybridized carbons (Fsp3) is 0.167. The zero-order valence-corrected chi connectivity index (χ0v) is 13.3. The van der Waals surface area contributed by atoms with Gasteiger partial charge in [0.1, 0.15) is 11.6 Å². The van der Waals surface area contributed by atoms with E-state index in [1.807, 2.05) is 24.3 Å². The van der Waals surface area contributed by atoms with E-state index >= 15 is 0 Å². The maximum absolute atomic E-state index is 12.2. The number of nitrogens with one attached hydrogen (secondary N) is 1. The van der Waals surface area contributed by atoms with Crippen LogP contribution in [0.25, 0.3) is 10.9 Å². The number of rotatable bonds is 4. The predicted octanol–water partition coefficient (Wildman–Crippen LogP) is 2.31. The lowest BCUT2D eigenvalue weighted by atomic mass is 10.1. The van der Waals surface area contributed by atoms with Gasteiger partial charge in [-0.15, -0.1) is 0 Å². The van der Waals surface area contributed by atoms with E-state index in [4.69, 9.17) is 9.47 Å². The molecule has 0 aliphatic carbocycles. The van der Waals surface area contributed by atoms with Gasteiger partial charge in [-0.3, -0.25) is 4.79 Å². The molecule has 3 rings (SSSR count). The Kier molecular flexibility index (Phi) is 4.29. The number of nitrogens with zero attached hydrogens (tertiary/aromatic N) is 1. The topological polar surface area (TPSA) is 81.3 Å². The van der Waals surface area contributed by atoms with Crippen LogP contribution in [0.15, 0.2) is 47.3 Å². The first-order chi connectivity index (χ1) is 11.6. The number of fused-ring (bicyclic) bond motifs is 1. The second-order valence-electron chi connectivity index (χ2n) is 5.26. The van der Waals surface area contributed by atoms with Crippen molar-refractivity contribution in [3.8, 4) is 5.75 Å². The van der Waals surface area contributed by atoms with Crippen molar-refractivity contribution in [1.29, 1.82) is 0 Å². The molecule has 1 N–H and O–H groups in total. The monoisotopic (exact) mass is 324 g/mol. The third-order valence-corrected chi connectivity index (χ3v) is 3.68. The number of benzene rings is 2. The maximum atomic E-state index is 12.2. The van der Waals surface area contributed by atoms with Crippen LogP contribution in [0.4, 0.5) is 0 Å². The Balaban J connectivity index is 2.02. The van der Waals surface area contributed by atoms with Gasteiger partial charge in [0.15, 0.2) is 0 Å². The van der Waals surface area contributed by atoms with E-state index in [1.165, 1.54) is 7.11 Å². The van der Waals surface area contributed by atoms with Crippen molar-refractivity contribution in [2.75, 3.05) is 14.2 Å². The van der Waals surface area contributed by atoms with Gasteiger partial charge in [0.05, 0.1) is 30.7 Å². The summed E-state index contributed by atoms with van der Waals surface area (Å²) in [5, 5.41) is 0.428. The smallest absolute Gasteiger partial charge is 0.337 e. The number of methoxy groups -OCH3 is 2. The van der Waals surface area contributed by atoms with Crippen molar-refractivity contribution >= 4 is 16.9 Å². The summed E-state index contributed by atoms with van der Waals surface area (Å²) < 4.78 is 9.90. The van der Waals surface area contributed by atoms with Gasteiger partial charge in [-0.05, 0) is 35.9 Å². The Morgan fingerprint density at radius 3 is 2.75 bits per heavy atom. The number of esters is 1. The average Bonchev–Trinajstić information content (AvgIpc) is 2.60. The molecule has 2 aromatic carbocycles. The van der Waals surface area contributed by atoms with E-state index in [1.54, 1.807) is 25.3 Å². The Labute approximate surface area is 138 Å². The summed E-state index contributed by atoms with van der Waals surface area (Å²) in [6, 6.07) is 12.2. The second kappa shape index (κ2) is 6.54. The number of aromatic amines is 1. The molecular weight excluding hydrogens is 308 g/mol. The molecule has 6 nitrogen and oxygen atoms in total. The van der Waals surface area contributed by atoms with E-state index in [2.05, 4.69) is 9.97 Å². The number of carbonyl (C=O) groups is 1.